The Morgan fingerprint density at radius 1 is 1.14 bits per heavy atom. The maximum Gasteiger partial charge on any atom is 0.253 e. The first kappa shape index (κ1) is 18.9. The molecule has 1 N–H and O–H groups in total. The number of hydrogen-bond donors (Lipinski definition) is 1. The van der Waals surface area contributed by atoms with Gasteiger partial charge in [0.1, 0.15) is 5.52 Å². The normalized spacial score (nSPS) is 10.9. The van der Waals surface area contributed by atoms with Gasteiger partial charge in [0.05, 0.1) is 16.3 Å². The molecule has 2 aromatic carbocycles. The summed E-state index contributed by atoms with van der Waals surface area (Å²) in [6, 6.07) is 16.8. The maximum atomic E-state index is 12.6. The number of halogens is 1. The van der Waals surface area contributed by atoms with Gasteiger partial charge in [-0.3, -0.25) is 4.79 Å². The fourth-order valence-electron chi connectivity index (χ4n) is 2.95. The lowest BCUT2D eigenvalue weighted by Gasteiger charge is -2.13. The minimum absolute atomic E-state index is 0.236. The number of carbonyl (C=O) groups excluding carboxylic acids is 1. The summed E-state index contributed by atoms with van der Waals surface area (Å²) in [5.41, 5.74) is 4.52. The third kappa shape index (κ3) is 3.90. The minimum Gasteiger partial charge on any atom is -0.378 e. The van der Waals surface area contributed by atoms with Crippen molar-refractivity contribution in [2.45, 2.75) is 6.54 Å². The molecule has 1 amide bonds. The quantitative estimate of drug-likeness (QED) is 0.549. The second-order valence-electron chi connectivity index (χ2n) is 6.76. The molecule has 0 spiro atoms. The van der Waals surface area contributed by atoms with Crippen LogP contribution in [0, 0.1) is 0 Å². The summed E-state index contributed by atoms with van der Waals surface area (Å²) in [5, 5.41) is 11.4. The standard InChI is InChI=1S/C21H19ClN6O/c1-27(2)15-7-5-14(6-8-15)13-24-21(29)17-10-9-16(12-18(17)22)28-20-19(25-26-28)4-3-11-23-20/h3-12H,13H2,1-2H3,(H,24,29). The van der Waals surface area contributed by atoms with Crippen molar-refractivity contribution in [3.63, 3.8) is 0 Å². The zero-order valence-corrected chi connectivity index (χ0v) is 16.8. The summed E-state index contributed by atoms with van der Waals surface area (Å²) in [6.45, 7) is 0.419. The second kappa shape index (κ2) is 7.89. The molecule has 2 heterocycles. The van der Waals surface area contributed by atoms with E-state index < -0.39 is 0 Å². The van der Waals surface area contributed by atoms with Crippen LogP contribution in [-0.4, -0.2) is 40.0 Å². The van der Waals surface area contributed by atoms with Gasteiger partial charge in [-0.05, 0) is 48.0 Å². The topological polar surface area (TPSA) is 75.9 Å². The fourth-order valence-corrected chi connectivity index (χ4v) is 3.21. The van der Waals surface area contributed by atoms with E-state index in [4.69, 9.17) is 11.6 Å². The first-order valence-electron chi connectivity index (χ1n) is 9.04. The number of rotatable bonds is 5. The minimum atomic E-state index is -0.236. The highest BCUT2D eigenvalue weighted by atomic mass is 35.5. The van der Waals surface area contributed by atoms with Gasteiger partial charge in [0.15, 0.2) is 5.65 Å². The molecule has 0 unspecified atom stereocenters. The molecule has 0 atom stereocenters. The SMILES string of the molecule is CN(C)c1ccc(CNC(=O)c2ccc(-n3nnc4cccnc43)cc2Cl)cc1. The van der Waals surface area contributed by atoms with E-state index in [0.29, 0.717) is 34.0 Å². The fraction of sp³-hybridized carbons (Fsp3) is 0.143. The molecule has 0 saturated heterocycles. The summed E-state index contributed by atoms with van der Waals surface area (Å²) in [5.74, 6) is -0.236. The molecule has 0 fully saturated rings. The lowest BCUT2D eigenvalue weighted by Crippen LogP contribution is -2.23. The van der Waals surface area contributed by atoms with Crippen LogP contribution in [0.15, 0.2) is 60.8 Å². The smallest absolute Gasteiger partial charge is 0.253 e. The number of aromatic nitrogens is 4. The molecule has 0 aliphatic rings. The van der Waals surface area contributed by atoms with Gasteiger partial charge in [-0.25, -0.2) is 4.98 Å². The van der Waals surface area contributed by atoms with Gasteiger partial charge >= 0.3 is 0 Å². The van der Waals surface area contributed by atoms with E-state index in [1.54, 1.807) is 35.1 Å². The van der Waals surface area contributed by atoms with E-state index in [1.807, 2.05) is 49.3 Å². The van der Waals surface area contributed by atoms with Crippen LogP contribution in [0.2, 0.25) is 5.02 Å². The van der Waals surface area contributed by atoms with Crippen molar-refractivity contribution >= 4 is 34.4 Å². The Labute approximate surface area is 172 Å². The molecule has 0 bridgehead atoms. The molecule has 0 saturated carbocycles. The van der Waals surface area contributed by atoms with Crippen molar-refractivity contribution < 1.29 is 4.79 Å². The van der Waals surface area contributed by atoms with Crippen LogP contribution in [0.1, 0.15) is 15.9 Å². The molecular formula is C21H19ClN6O. The van der Waals surface area contributed by atoms with Crippen molar-refractivity contribution in [2.75, 3.05) is 19.0 Å². The van der Waals surface area contributed by atoms with Crippen molar-refractivity contribution in [1.82, 2.24) is 25.3 Å². The highest BCUT2D eigenvalue weighted by Crippen LogP contribution is 2.22. The third-order valence-electron chi connectivity index (χ3n) is 4.56. The average molecular weight is 407 g/mol. The summed E-state index contributed by atoms with van der Waals surface area (Å²) >= 11 is 6.38. The molecule has 0 aliphatic heterocycles. The predicted molar refractivity (Wildman–Crippen MR) is 114 cm³/mol. The van der Waals surface area contributed by atoms with Crippen LogP contribution in [0.5, 0.6) is 0 Å². The Bertz CT molecular complexity index is 1170. The van der Waals surface area contributed by atoms with Crippen LogP contribution < -0.4 is 10.2 Å². The average Bonchev–Trinajstić information content (AvgIpc) is 3.16. The maximum absolute atomic E-state index is 12.6. The molecule has 29 heavy (non-hydrogen) atoms. The van der Waals surface area contributed by atoms with Gasteiger partial charge in [-0.15, -0.1) is 5.10 Å². The number of benzene rings is 2. The Morgan fingerprint density at radius 2 is 1.93 bits per heavy atom. The first-order valence-corrected chi connectivity index (χ1v) is 9.41. The summed E-state index contributed by atoms with van der Waals surface area (Å²) in [4.78, 5) is 18.9. The van der Waals surface area contributed by atoms with E-state index in [0.717, 1.165) is 11.3 Å². The molecule has 0 radical (unpaired) electrons. The number of hydrogen-bond acceptors (Lipinski definition) is 5. The molecule has 146 valence electrons. The molecule has 0 aliphatic carbocycles. The molecule has 7 nitrogen and oxygen atoms in total. The van der Waals surface area contributed by atoms with E-state index in [2.05, 4.69) is 20.6 Å². The summed E-state index contributed by atoms with van der Waals surface area (Å²) in [6.07, 6.45) is 1.68. The Kier molecular flexibility index (Phi) is 5.14. The van der Waals surface area contributed by atoms with Crippen molar-refractivity contribution in [3.8, 4) is 5.69 Å². The predicted octanol–water partition coefficient (Wildman–Crippen LogP) is 3.46. The summed E-state index contributed by atoms with van der Waals surface area (Å²) in [7, 11) is 3.97. The Balaban J connectivity index is 1.49. The summed E-state index contributed by atoms with van der Waals surface area (Å²) < 4.78 is 1.59. The zero-order chi connectivity index (χ0) is 20.4. The number of carbonyl (C=O) groups is 1. The molecular weight excluding hydrogens is 388 g/mol. The van der Waals surface area contributed by atoms with E-state index in [1.165, 1.54) is 0 Å². The van der Waals surface area contributed by atoms with Crippen LogP contribution >= 0.6 is 11.6 Å². The van der Waals surface area contributed by atoms with Crippen molar-refractivity contribution in [2.24, 2.45) is 0 Å². The molecule has 4 rings (SSSR count). The highest BCUT2D eigenvalue weighted by molar-refractivity contribution is 6.34. The first-order chi connectivity index (χ1) is 14.0. The van der Waals surface area contributed by atoms with Gasteiger partial charge in [-0.1, -0.05) is 28.9 Å². The molecule has 8 heteroatoms. The molecule has 4 aromatic rings. The number of fused-ring (bicyclic) bond motifs is 1. The van der Waals surface area contributed by atoms with E-state index in [9.17, 15) is 4.79 Å². The van der Waals surface area contributed by atoms with Gasteiger partial charge < -0.3 is 10.2 Å². The van der Waals surface area contributed by atoms with Crippen LogP contribution in [-0.2, 0) is 6.54 Å². The lowest BCUT2D eigenvalue weighted by molar-refractivity contribution is 0.0951. The number of pyridine rings is 1. The van der Waals surface area contributed by atoms with Crippen LogP contribution in [0.25, 0.3) is 16.9 Å². The lowest BCUT2D eigenvalue weighted by atomic mass is 10.1. The number of anilines is 1. The van der Waals surface area contributed by atoms with E-state index in [-0.39, 0.29) is 5.91 Å². The van der Waals surface area contributed by atoms with Crippen LogP contribution in [0.4, 0.5) is 5.69 Å². The van der Waals surface area contributed by atoms with Gasteiger partial charge in [0.25, 0.3) is 5.91 Å². The zero-order valence-electron chi connectivity index (χ0n) is 16.0. The Morgan fingerprint density at radius 3 is 2.66 bits per heavy atom. The van der Waals surface area contributed by atoms with Crippen molar-refractivity contribution in [3.05, 3.63) is 76.9 Å². The monoisotopic (exact) mass is 406 g/mol. The molecule has 2 aromatic heterocycles. The van der Waals surface area contributed by atoms with Gasteiger partial charge in [-0.2, -0.15) is 4.68 Å². The third-order valence-corrected chi connectivity index (χ3v) is 4.87. The van der Waals surface area contributed by atoms with Crippen molar-refractivity contribution in [1.29, 1.82) is 0 Å². The Hall–Kier alpha value is -3.45. The van der Waals surface area contributed by atoms with Gasteiger partial charge in [0.2, 0.25) is 0 Å². The number of nitrogens with zero attached hydrogens (tertiary/aromatic N) is 5. The largest absolute Gasteiger partial charge is 0.378 e. The number of nitrogens with one attached hydrogen (secondary N) is 1. The van der Waals surface area contributed by atoms with Crippen LogP contribution in [0.3, 0.4) is 0 Å². The second-order valence-corrected chi connectivity index (χ2v) is 7.16. The number of amides is 1. The van der Waals surface area contributed by atoms with Gasteiger partial charge in [0, 0.05) is 32.5 Å². The van der Waals surface area contributed by atoms with E-state index >= 15 is 0 Å². The highest BCUT2D eigenvalue weighted by Gasteiger charge is 2.13.